The SMILES string of the molecule is COc1cc(/C=C2\C(=O)NC(=O)N(c3ccc(Br)cc3)C2=O)ccc1OCCOc1ccccc1Cl. The van der Waals surface area contributed by atoms with E-state index in [-0.39, 0.29) is 18.8 Å². The highest BCUT2D eigenvalue weighted by Gasteiger charge is 2.36. The van der Waals surface area contributed by atoms with Gasteiger partial charge in [0.1, 0.15) is 24.5 Å². The molecule has 1 fully saturated rings. The van der Waals surface area contributed by atoms with Crippen LogP contribution in [0.2, 0.25) is 5.02 Å². The molecule has 184 valence electrons. The van der Waals surface area contributed by atoms with Crippen LogP contribution in [0.1, 0.15) is 5.56 Å². The number of rotatable bonds is 8. The highest BCUT2D eigenvalue weighted by atomic mass is 79.9. The molecular formula is C26H20BrClN2O6. The van der Waals surface area contributed by atoms with Crippen molar-refractivity contribution in [3.05, 3.63) is 87.4 Å². The molecule has 1 aliphatic heterocycles. The fourth-order valence-corrected chi connectivity index (χ4v) is 3.86. The Hall–Kier alpha value is -3.82. The Morgan fingerprint density at radius 1 is 0.917 bits per heavy atom. The van der Waals surface area contributed by atoms with Gasteiger partial charge in [0, 0.05) is 4.47 Å². The Morgan fingerprint density at radius 2 is 1.61 bits per heavy atom. The van der Waals surface area contributed by atoms with Crippen molar-refractivity contribution in [2.45, 2.75) is 0 Å². The van der Waals surface area contributed by atoms with Crippen molar-refractivity contribution in [3.63, 3.8) is 0 Å². The van der Waals surface area contributed by atoms with Gasteiger partial charge >= 0.3 is 6.03 Å². The number of imide groups is 2. The molecule has 0 aliphatic carbocycles. The van der Waals surface area contributed by atoms with E-state index < -0.39 is 17.8 Å². The second kappa shape index (κ2) is 11.3. The van der Waals surface area contributed by atoms with E-state index in [1.165, 1.54) is 13.2 Å². The minimum atomic E-state index is -0.815. The van der Waals surface area contributed by atoms with E-state index in [0.717, 1.165) is 9.37 Å². The predicted octanol–water partition coefficient (Wildman–Crippen LogP) is 5.24. The van der Waals surface area contributed by atoms with Gasteiger partial charge < -0.3 is 14.2 Å². The number of nitrogens with one attached hydrogen (secondary N) is 1. The molecule has 3 aromatic carbocycles. The number of nitrogens with zero attached hydrogens (tertiary/aromatic N) is 1. The van der Waals surface area contributed by atoms with Gasteiger partial charge in [-0.3, -0.25) is 14.9 Å². The van der Waals surface area contributed by atoms with Crippen LogP contribution < -0.4 is 24.4 Å². The van der Waals surface area contributed by atoms with Crippen LogP contribution in [0.5, 0.6) is 17.2 Å². The average molecular weight is 572 g/mol. The summed E-state index contributed by atoms with van der Waals surface area (Å²) in [5.74, 6) is -0.112. The fraction of sp³-hybridized carbons (Fsp3) is 0.115. The molecule has 10 heteroatoms. The average Bonchev–Trinajstić information content (AvgIpc) is 2.87. The van der Waals surface area contributed by atoms with Gasteiger partial charge in [0.15, 0.2) is 11.5 Å². The second-order valence-electron chi connectivity index (χ2n) is 7.47. The van der Waals surface area contributed by atoms with E-state index in [1.54, 1.807) is 54.6 Å². The topological polar surface area (TPSA) is 94.2 Å². The first kappa shape index (κ1) is 25.3. The van der Waals surface area contributed by atoms with Crippen LogP contribution in [0.3, 0.4) is 0 Å². The van der Waals surface area contributed by atoms with Crippen LogP contribution >= 0.6 is 27.5 Å². The number of carbonyl (C=O) groups excluding carboxylic acids is 3. The van der Waals surface area contributed by atoms with Gasteiger partial charge in [0.05, 0.1) is 17.8 Å². The molecule has 4 amide bonds. The summed E-state index contributed by atoms with van der Waals surface area (Å²) in [6, 6.07) is 17.8. The molecule has 3 aromatic rings. The normalized spacial score (nSPS) is 14.6. The summed E-state index contributed by atoms with van der Waals surface area (Å²) >= 11 is 9.39. The number of anilines is 1. The van der Waals surface area contributed by atoms with Crippen LogP contribution in [-0.4, -0.2) is 38.2 Å². The largest absolute Gasteiger partial charge is 0.493 e. The van der Waals surface area contributed by atoms with Gasteiger partial charge in [-0.25, -0.2) is 9.69 Å². The third-order valence-electron chi connectivity index (χ3n) is 5.12. The molecule has 1 N–H and O–H groups in total. The zero-order chi connectivity index (χ0) is 25.7. The molecule has 0 radical (unpaired) electrons. The number of carbonyl (C=O) groups is 3. The Balaban J connectivity index is 1.48. The monoisotopic (exact) mass is 570 g/mol. The molecule has 0 saturated carbocycles. The number of halogens is 2. The lowest BCUT2D eigenvalue weighted by Gasteiger charge is -2.26. The molecule has 4 rings (SSSR count). The van der Waals surface area contributed by atoms with Crippen LogP contribution in [0.4, 0.5) is 10.5 Å². The van der Waals surface area contributed by atoms with E-state index in [4.69, 9.17) is 25.8 Å². The maximum absolute atomic E-state index is 13.1. The molecule has 0 atom stereocenters. The first-order chi connectivity index (χ1) is 17.4. The van der Waals surface area contributed by atoms with E-state index in [9.17, 15) is 14.4 Å². The van der Waals surface area contributed by atoms with Crippen molar-refractivity contribution in [3.8, 4) is 17.2 Å². The summed E-state index contributed by atoms with van der Waals surface area (Å²) in [6.07, 6.45) is 1.39. The third kappa shape index (κ3) is 5.69. The minimum Gasteiger partial charge on any atom is -0.493 e. The number of benzene rings is 3. The lowest BCUT2D eigenvalue weighted by atomic mass is 10.1. The zero-order valence-corrected chi connectivity index (χ0v) is 21.3. The van der Waals surface area contributed by atoms with Gasteiger partial charge in [-0.15, -0.1) is 0 Å². The Kier molecular flexibility index (Phi) is 7.92. The number of hydrogen-bond acceptors (Lipinski definition) is 6. The zero-order valence-electron chi connectivity index (χ0n) is 19.0. The van der Waals surface area contributed by atoms with Crippen LogP contribution in [0.15, 0.2) is 76.8 Å². The van der Waals surface area contributed by atoms with E-state index >= 15 is 0 Å². The maximum Gasteiger partial charge on any atom is 0.335 e. The first-order valence-electron chi connectivity index (χ1n) is 10.7. The third-order valence-corrected chi connectivity index (χ3v) is 5.96. The molecule has 0 spiro atoms. The lowest BCUT2D eigenvalue weighted by molar-refractivity contribution is -0.122. The van der Waals surface area contributed by atoms with Gasteiger partial charge in [0.2, 0.25) is 0 Å². The number of para-hydroxylation sites is 1. The molecule has 36 heavy (non-hydrogen) atoms. The van der Waals surface area contributed by atoms with E-state index in [1.807, 2.05) is 12.1 Å². The lowest BCUT2D eigenvalue weighted by Crippen LogP contribution is -2.54. The second-order valence-corrected chi connectivity index (χ2v) is 8.79. The van der Waals surface area contributed by atoms with Crippen molar-refractivity contribution in [1.82, 2.24) is 5.32 Å². The molecule has 8 nitrogen and oxygen atoms in total. The van der Waals surface area contributed by atoms with Crippen molar-refractivity contribution >= 4 is 57.1 Å². The Morgan fingerprint density at radius 3 is 2.31 bits per heavy atom. The van der Waals surface area contributed by atoms with Crippen molar-refractivity contribution in [2.75, 3.05) is 25.2 Å². The van der Waals surface area contributed by atoms with E-state index in [2.05, 4.69) is 21.2 Å². The quantitative estimate of drug-likeness (QED) is 0.226. The number of barbiturate groups is 1. The molecule has 0 bridgehead atoms. The van der Waals surface area contributed by atoms with Crippen LogP contribution in [0.25, 0.3) is 6.08 Å². The Bertz CT molecular complexity index is 1340. The highest BCUT2D eigenvalue weighted by Crippen LogP contribution is 2.30. The van der Waals surface area contributed by atoms with Gasteiger partial charge in [-0.2, -0.15) is 0 Å². The smallest absolute Gasteiger partial charge is 0.335 e. The number of methoxy groups -OCH3 is 1. The number of amides is 4. The summed E-state index contributed by atoms with van der Waals surface area (Å²) in [5.41, 5.74) is 0.649. The number of ether oxygens (including phenoxy) is 3. The van der Waals surface area contributed by atoms with Crippen LogP contribution in [-0.2, 0) is 9.59 Å². The van der Waals surface area contributed by atoms with Crippen molar-refractivity contribution < 1.29 is 28.6 Å². The summed E-state index contributed by atoms with van der Waals surface area (Å²) in [6.45, 7) is 0.487. The molecular weight excluding hydrogens is 552 g/mol. The summed E-state index contributed by atoms with van der Waals surface area (Å²) in [5, 5.41) is 2.71. The predicted molar refractivity (Wildman–Crippen MR) is 139 cm³/mol. The van der Waals surface area contributed by atoms with E-state index in [0.29, 0.717) is 33.5 Å². The molecule has 0 unspecified atom stereocenters. The Labute approximate surface area is 220 Å². The highest BCUT2D eigenvalue weighted by molar-refractivity contribution is 9.10. The van der Waals surface area contributed by atoms with Crippen molar-refractivity contribution in [2.24, 2.45) is 0 Å². The molecule has 0 aromatic heterocycles. The summed E-state index contributed by atoms with van der Waals surface area (Å²) in [7, 11) is 1.48. The summed E-state index contributed by atoms with van der Waals surface area (Å²) in [4.78, 5) is 38.8. The maximum atomic E-state index is 13.1. The van der Waals surface area contributed by atoms with Gasteiger partial charge in [-0.1, -0.05) is 45.7 Å². The standard InChI is InChI=1S/C26H20BrClN2O6/c1-34-23-15-16(6-11-22(23)36-13-12-35-21-5-3-2-4-20(21)28)14-19-24(31)29-26(33)30(25(19)32)18-9-7-17(27)8-10-18/h2-11,14-15H,12-13H2,1H3,(H,29,31,33)/b19-14+. The van der Waals surface area contributed by atoms with Gasteiger partial charge in [-0.05, 0) is 60.2 Å². The minimum absolute atomic E-state index is 0.193. The number of urea groups is 1. The van der Waals surface area contributed by atoms with Crippen molar-refractivity contribution in [1.29, 1.82) is 0 Å². The number of hydrogen-bond donors (Lipinski definition) is 1. The fourth-order valence-electron chi connectivity index (χ4n) is 3.41. The molecule has 1 saturated heterocycles. The first-order valence-corrected chi connectivity index (χ1v) is 11.9. The molecule has 1 aliphatic rings. The molecule has 1 heterocycles. The van der Waals surface area contributed by atoms with Gasteiger partial charge in [0.25, 0.3) is 11.8 Å². The summed E-state index contributed by atoms with van der Waals surface area (Å²) < 4.78 is 17.6. The van der Waals surface area contributed by atoms with Crippen LogP contribution in [0, 0.1) is 0 Å².